The Bertz CT molecular complexity index is 1330. The van der Waals surface area contributed by atoms with Gasteiger partial charge in [-0.2, -0.15) is 5.26 Å². The Morgan fingerprint density at radius 2 is 1.88 bits per heavy atom. The van der Waals surface area contributed by atoms with Crippen LogP contribution in [0.5, 0.6) is 0 Å². The summed E-state index contributed by atoms with van der Waals surface area (Å²) in [5.74, 6) is 0. The maximum atomic E-state index is 12.6. The Morgan fingerprint density at radius 1 is 1.19 bits per heavy atom. The average molecular weight is 472 g/mol. The number of halogens is 1. The summed E-state index contributed by atoms with van der Waals surface area (Å²) in [6.07, 6.45) is 7.96. The van der Waals surface area contributed by atoms with Gasteiger partial charge in [0, 0.05) is 54.6 Å². The van der Waals surface area contributed by atoms with Gasteiger partial charge in [0.05, 0.1) is 33.8 Å². The third-order valence-electron chi connectivity index (χ3n) is 6.46. The number of rotatable bonds is 4. The molecule has 1 aliphatic carbocycles. The van der Waals surface area contributed by atoms with Crippen LogP contribution in [0.1, 0.15) is 42.9 Å². The molecular formula is C23H26ClN5O2S. The lowest BCUT2D eigenvalue weighted by atomic mass is 9.94. The van der Waals surface area contributed by atoms with Crippen molar-refractivity contribution in [3.05, 3.63) is 46.9 Å². The number of pyridine rings is 1. The predicted octanol–water partition coefficient (Wildman–Crippen LogP) is 4.49. The van der Waals surface area contributed by atoms with E-state index in [1.54, 1.807) is 20.3 Å². The van der Waals surface area contributed by atoms with Crippen LogP contribution < -0.4 is 5.73 Å². The molecule has 1 saturated carbocycles. The van der Waals surface area contributed by atoms with Gasteiger partial charge in [-0.05, 0) is 50.3 Å². The lowest BCUT2D eigenvalue weighted by Crippen LogP contribution is -2.36. The van der Waals surface area contributed by atoms with Crippen LogP contribution in [0.4, 0.5) is 5.69 Å². The number of nitrogens with zero attached hydrogens (tertiary/aromatic N) is 4. The number of sulfonamides is 1. The normalized spacial score (nSPS) is 19.4. The molecule has 1 fully saturated rings. The summed E-state index contributed by atoms with van der Waals surface area (Å²) < 4.78 is 28.7. The van der Waals surface area contributed by atoms with Gasteiger partial charge in [-0.25, -0.2) is 12.7 Å². The summed E-state index contributed by atoms with van der Waals surface area (Å²) in [5, 5.41) is 10.6. The van der Waals surface area contributed by atoms with Crippen LogP contribution in [0, 0.1) is 18.3 Å². The van der Waals surface area contributed by atoms with Crippen molar-refractivity contribution in [2.75, 3.05) is 19.8 Å². The Hall–Kier alpha value is -2.60. The van der Waals surface area contributed by atoms with Crippen LogP contribution >= 0.6 is 11.6 Å². The van der Waals surface area contributed by atoms with E-state index in [1.807, 2.05) is 25.3 Å². The van der Waals surface area contributed by atoms with E-state index in [4.69, 9.17) is 17.3 Å². The molecule has 168 valence electrons. The molecule has 1 aromatic carbocycles. The molecule has 0 amide bonds. The molecule has 0 unspecified atom stereocenters. The number of nitrogen functional groups attached to an aromatic ring is 1. The van der Waals surface area contributed by atoms with Crippen molar-refractivity contribution in [2.24, 2.45) is 0 Å². The molecule has 7 nitrogen and oxygen atoms in total. The largest absolute Gasteiger partial charge is 0.396 e. The van der Waals surface area contributed by atoms with Gasteiger partial charge in [-0.1, -0.05) is 11.6 Å². The first kappa shape index (κ1) is 22.6. The Morgan fingerprint density at radius 3 is 2.50 bits per heavy atom. The zero-order valence-corrected chi connectivity index (χ0v) is 19.9. The van der Waals surface area contributed by atoms with Crippen molar-refractivity contribution < 1.29 is 8.42 Å². The molecule has 9 heteroatoms. The SMILES string of the molecule is Cc1cc2c(cc1C#N)c(-c1cncc(N)c1Cl)cn2C1CCC(S(=O)(=O)N(C)C)CC1. The van der Waals surface area contributed by atoms with Crippen molar-refractivity contribution in [1.82, 2.24) is 13.9 Å². The lowest BCUT2D eigenvalue weighted by molar-refractivity contribution is 0.352. The number of nitrogens with two attached hydrogens (primary N) is 1. The molecule has 0 spiro atoms. The van der Waals surface area contributed by atoms with E-state index in [0.29, 0.717) is 34.7 Å². The highest BCUT2D eigenvalue weighted by Gasteiger charge is 2.33. The van der Waals surface area contributed by atoms with Crippen molar-refractivity contribution in [3.8, 4) is 17.2 Å². The number of hydrogen-bond donors (Lipinski definition) is 1. The van der Waals surface area contributed by atoms with Crippen molar-refractivity contribution in [1.29, 1.82) is 5.26 Å². The Labute approximate surface area is 193 Å². The topological polar surface area (TPSA) is 105 Å². The van der Waals surface area contributed by atoms with E-state index < -0.39 is 10.0 Å². The van der Waals surface area contributed by atoms with Gasteiger partial charge in [-0.3, -0.25) is 4.98 Å². The Balaban J connectivity index is 1.81. The van der Waals surface area contributed by atoms with E-state index in [9.17, 15) is 13.7 Å². The molecule has 0 aliphatic heterocycles. The first-order valence-electron chi connectivity index (χ1n) is 10.5. The number of fused-ring (bicyclic) bond motifs is 1. The van der Waals surface area contributed by atoms with Crippen LogP contribution in [0.25, 0.3) is 22.0 Å². The number of nitriles is 1. The molecular weight excluding hydrogens is 446 g/mol. The van der Waals surface area contributed by atoms with E-state index in [0.717, 1.165) is 34.9 Å². The van der Waals surface area contributed by atoms with Crippen molar-refractivity contribution >= 4 is 38.2 Å². The molecule has 2 aromatic heterocycles. The van der Waals surface area contributed by atoms with Crippen LogP contribution in [-0.4, -0.2) is 41.6 Å². The third-order valence-corrected chi connectivity index (χ3v) is 9.22. The molecule has 32 heavy (non-hydrogen) atoms. The van der Waals surface area contributed by atoms with Crippen molar-refractivity contribution in [3.63, 3.8) is 0 Å². The maximum absolute atomic E-state index is 12.6. The molecule has 0 saturated heterocycles. The second-order valence-corrected chi connectivity index (χ2v) is 11.4. The fourth-order valence-electron chi connectivity index (χ4n) is 4.61. The maximum Gasteiger partial charge on any atom is 0.216 e. The minimum absolute atomic E-state index is 0.153. The monoisotopic (exact) mass is 471 g/mol. The minimum atomic E-state index is -3.26. The first-order chi connectivity index (χ1) is 15.1. The second kappa shape index (κ2) is 8.39. The Kier molecular flexibility index (Phi) is 5.93. The average Bonchev–Trinajstić information content (AvgIpc) is 3.13. The summed E-state index contributed by atoms with van der Waals surface area (Å²) >= 11 is 6.52. The van der Waals surface area contributed by atoms with Gasteiger partial charge in [0.25, 0.3) is 0 Å². The van der Waals surface area contributed by atoms with Crippen LogP contribution in [0.15, 0.2) is 30.7 Å². The highest BCUT2D eigenvalue weighted by molar-refractivity contribution is 7.89. The highest BCUT2D eigenvalue weighted by Crippen LogP contribution is 2.41. The molecule has 3 aromatic rings. The second-order valence-electron chi connectivity index (χ2n) is 8.59. The number of aryl methyl sites for hydroxylation is 1. The zero-order valence-electron chi connectivity index (χ0n) is 18.3. The zero-order chi connectivity index (χ0) is 23.2. The molecule has 0 radical (unpaired) electrons. The van der Waals surface area contributed by atoms with Gasteiger partial charge in [0.1, 0.15) is 0 Å². The third kappa shape index (κ3) is 3.75. The summed E-state index contributed by atoms with van der Waals surface area (Å²) in [5.41, 5.74) is 10.5. The van der Waals surface area contributed by atoms with E-state index in [2.05, 4.69) is 15.6 Å². The lowest BCUT2D eigenvalue weighted by Gasteiger charge is -2.31. The van der Waals surface area contributed by atoms with E-state index in [1.165, 1.54) is 10.5 Å². The molecule has 0 bridgehead atoms. The summed E-state index contributed by atoms with van der Waals surface area (Å²) in [7, 11) is -0.0849. The molecule has 0 atom stereocenters. The van der Waals surface area contributed by atoms with Gasteiger partial charge in [0.2, 0.25) is 10.0 Å². The summed E-state index contributed by atoms with van der Waals surface area (Å²) in [6.45, 7) is 1.92. The predicted molar refractivity (Wildman–Crippen MR) is 128 cm³/mol. The molecule has 1 aliphatic rings. The van der Waals surface area contributed by atoms with E-state index >= 15 is 0 Å². The van der Waals surface area contributed by atoms with Crippen LogP contribution in [0.2, 0.25) is 5.02 Å². The number of anilines is 1. The smallest absolute Gasteiger partial charge is 0.216 e. The number of hydrogen-bond acceptors (Lipinski definition) is 5. The fourth-order valence-corrected chi connectivity index (χ4v) is 6.27. The molecule has 2 heterocycles. The minimum Gasteiger partial charge on any atom is -0.396 e. The first-order valence-corrected chi connectivity index (χ1v) is 12.4. The van der Waals surface area contributed by atoms with Crippen LogP contribution in [-0.2, 0) is 10.0 Å². The summed E-state index contributed by atoms with van der Waals surface area (Å²) in [6, 6.07) is 6.32. The molecule has 2 N–H and O–H groups in total. The standard InChI is InChI=1S/C23H26ClN5O2S/c1-14-8-22-18(9-15(14)10-25)20(19-11-27-12-21(26)23(19)24)13-29(22)16-4-6-17(7-5-16)32(30,31)28(2)3/h8-9,11-13,16-17H,4-7,26H2,1-3H3. The van der Waals surface area contributed by atoms with Gasteiger partial charge in [0.15, 0.2) is 0 Å². The number of aromatic nitrogens is 2. The van der Waals surface area contributed by atoms with Gasteiger partial charge >= 0.3 is 0 Å². The number of benzene rings is 1. The van der Waals surface area contributed by atoms with Gasteiger partial charge in [-0.15, -0.1) is 0 Å². The summed E-state index contributed by atoms with van der Waals surface area (Å²) in [4.78, 5) is 4.21. The van der Waals surface area contributed by atoms with Crippen molar-refractivity contribution in [2.45, 2.75) is 43.9 Å². The van der Waals surface area contributed by atoms with E-state index in [-0.39, 0.29) is 11.3 Å². The quantitative estimate of drug-likeness (QED) is 0.603. The highest BCUT2D eigenvalue weighted by atomic mass is 35.5. The molecule has 4 rings (SSSR count). The fraction of sp³-hybridized carbons (Fsp3) is 0.391. The van der Waals surface area contributed by atoms with Crippen LogP contribution in [0.3, 0.4) is 0 Å². The van der Waals surface area contributed by atoms with Gasteiger partial charge < -0.3 is 10.3 Å².